The van der Waals surface area contributed by atoms with Crippen LogP contribution in [0, 0.1) is 13.8 Å². The van der Waals surface area contributed by atoms with E-state index in [1.807, 2.05) is 13.8 Å². The molecular weight excluding hydrogens is 174 g/mol. The van der Waals surface area contributed by atoms with Crippen molar-refractivity contribution < 1.29 is 0 Å². The molecule has 0 unspecified atom stereocenters. The van der Waals surface area contributed by atoms with Crippen LogP contribution in [0.3, 0.4) is 0 Å². The van der Waals surface area contributed by atoms with E-state index in [2.05, 4.69) is 0 Å². The molecule has 4 heteroatoms. The highest BCUT2D eigenvalue weighted by Crippen LogP contribution is 2.27. The second-order valence-corrected chi connectivity index (χ2v) is 2.72. The van der Waals surface area contributed by atoms with Gasteiger partial charge >= 0.3 is 0 Å². The van der Waals surface area contributed by atoms with Gasteiger partial charge in [-0.25, -0.2) is 0 Å². The van der Waals surface area contributed by atoms with Crippen molar-refractivity contribution in [1.82, 2.24) is 0 Å². The largest absolute Gasteiger partial charge is 0.398 e. The lowest BCUT2D eigenvalue weighted by molar-refractivity contribution is 1.39. The van der Waals surface area contributed by atoms with Gasteiger partial charge in [-0.15, -0.1) is 12.4 Å². The fraction of sp³-hybridized carbons (Fsp3) is 0.250. The van der Waals surface area contributed by atoms with Crippen molar-refractivity contribution in [2.24, 2.45) is 0 Å². The van der Waals surface area contributed by atoms with Gasteiger partial charge in [0.05, 0.1) is 0 Å². The average Bonchev–Trinajstić information content (AvgIpc) is 1.97. The summed E-state index contributed by atoms with van der Waals surface area (Å²) in [7, 11) is 0. The maximum atomic E-state index is 5.72. The molecule has 0 aliphatic heterocycles. The van der Waals surface area contributed by atoms with Crippen LogP contribution in [0.5, 0.6) is 0 Å². The van der Waals surface area contributed by atoms with Crippen LogP contribution in [-0.4, -0.2) is 0 Å². The lowest BCUT2D eigenvalue weighted by Gasteiger charge is -2.09. The smallest absolute Gasteiger partial charge is 0.0414 e. The van der Waals surface area contributed by atoms with Crippen LogP contribution in [0.15, 0.2) is 6.07 Å². The Hall–Kier alpha value is -1.09. The lowest BCUT2D eigenvalue weighted by Crippen LogP contribution is -2.02. The number of hydrogen-bond acceptors (Lipinski definition) is 3. The molecule has 3 nitrogen and oxygen atoms in total. The number of rotatable bonds is 0. The molecule has 0 saturated carbocycles. The minimum absolute atomic E-state index is 0. The minimum Gasteiger partial charge on any atom is -0.398 e. The molecule has 0 fully saturated rings. The van der Waals surface area contributed by atoms with Gasteiger partial charge in [0.15, 0.2) is 0 Å². The first kappa shape index (κ1) is 10.9. The molecule has 0 atom stereocenters. The van der Waals surface area contributed by atoms with Gasteiger partial charge in [-0.2, -0.15) is 0 Å². The van der Waals surface area contributed by atoms with E-state index < -0.39 is 0 Å². The monoisotopic (exact) mass is 187 g/mol. The van der Waals surface area contributed by atoms with E-state index in [9.17, 15) is 0 Å². The highest BCUT2D eigenvalue weighted by molar-refractivity contribution is 5.85. The van der Waals surface area contributed by atoms with Crippen molar-refractivity contribution >= 4 is 29.5 Å². The summed E-state index contributed by atoms with van der Waals surface area (Å²) in [6.07, 6.45) is 0. The van der Waals surface area contributed by atoms with Crippen molar-refractivity contribution in [3.05, 3.63) is 17.2 Å². The summed E-state index contributed by atoms with van der Waals surface area (Å²) in [6, 6.07) is 1.74. The Morgan fingerprint density at radius 3 is 1.58 bits per heavy atom. The zero-order valence-electron chi connectivity index (χ0n) is 7.22. The fourth-order valence-electron chi connectivity index (χ4n) is 0.976. The summed E-state index contributed by atoms with van der Waals surface area (Å²) in [6.45, 7) is 3.77. The first-order valence-corrected chi connectivity index (χ1v) is 3.44. The summed E-state index contributed by atoms with van der Waals surface area (Å²) in [4.78, 5) is 0. The molecule has 0 saturated heterocycles. The maximum Gasteiger partial charge on any atom is 0.0414 e. The summed E-state index contributed by atoms with van der Waals surface area (Å²) < 4.78 is 0. The summed E-state index contributed by atoms with van der Waals surface area (Å²) >= 11 is 0. The first-order chi connectivity index (χ1) is 5.04. The van der Waals surface area contributed by atoms with Gasteiger partial charge < -0.3 is 17.2 Å². The molecule has 0 aliphatic rings. The standard InChI is InChI=1S/C8H13N3.ClH/c1-4-6(9)3-7(10)5(2)8(4)11;/h3H,9-11H2,1-2H3;1H. The Bertz CT molecular complexity index is 271. The molecule has 1 aromatic carbocycles. The van der Waals surface area contributed by atoms with Crippen molar-refractivity contribution in [2.75, 3.05) is 17.2 Å². The van der Waals surface area contributed by atoms with Crippen LogP contribution in [0.4, 0.5) is 17.1 Å². The van der Waals surface area contributed by atoms with Crippen molar-refractivity contribution in [3.8, 4) is 0 Å². The second kappa shape index (κ2) is 3.54. The van der Waals surface area contributed by atoms with Crippen molar-refractivity contribution in [2.45, 2.75) is 13.8 Å². The SMILES string of the molecule is Cc1c(N)cc(N)c(C)c1N.Cl. The summed E-state index contributed by atoms with van der Waals surface area (Å²) in [5.41, 5.74) is 20.8. The van der Waals surface area contributed by atoms with Crippen LogP contribution in [-0.2, 0) is 0 Å². The van der Waals surface area contributed by atoms with Gasteiger partial charge in [-0.05, 0) is 31.0 Å². The fourth-order valence-corrected chi connectivity index (χ4v) is 0.976. The first-order valence-electron chi connectivity index (χ1n) is 3.44. The number of anilines is 3. The Kier molecular flexibility index (Phi) is 3.22. The highest BCUT2D eigenvalue weighted by atomic mass is 35.5. The van der Waals surface area contributed by atoms with Crippen LogP contribution in [0.2, 0.25) is 0 Å². The van der Waals surface area contributed by atoms with Crippen LogP contribution < -0.4 is 17.2 Å². The third-order valence-electron chi connectivity index (χ3n) is 1.99. The second-order valence-electron chi connectivity index (χ2n) is 2.72. The lowest BCUT2D eigenvalue weighted by atomic mass is 10.1. The third-order valence-corrected chi connectivity index (χ3v) is 1.99. The van der Waals surface area contributed by atoms with Crippen LogP contribution in [0.1, 0.15) is 11.1 Å². The molecule has 0 amide bonds. The quantitative estimate of drug-likeness (QED) is 0.539. The molecule has 1 rings (SSSR count). The zero-order chi connectivity index (χ0) is 8.59. The van der Waals surface area contributed by atoms with E-state index in [-0.39, 0.29) is 12.4 Å². The Morgan fingerprint density at radius 1 is 0.917 bits per heavy atom. The van der Waals surface area contributed by atoms with E-state index in [0.29, 0.717) is 17.1 Å². The highest BCUT2D eigenvalue weighted by Gasteiger charge is 2.04. The molecule has 0 radical (unpaired) electrons. The molecular formula is C8H14ClN3. The van der Waals surface area contributed by atoms with Crippen LogP contribution >= 0.6 is 12.4 Å². The molecule has 0 heterocycles. The molecule has 0 aromatic heterocycles. The Labute approximate surface area is 78.3 Å². The van der Waals surface area contributed by atoms with Gasteiger partial charge in [0, 0.05) is 17.1 Å². The third kappa shape index (κ3) is 1.56. The maximum absolute atomic E-state index is 5.72. The van der Waals surface area contributed by atoms with E-state index in [1.54, 1.807) is 6.07 Å². The molecule has 1 aromatic rings. The number of hydrogen-bond donors (Lipinski definition) is 3. The van der Waals surface area contributed by atoms with E-state index >= 15 is 0 Å². The molecule has 0 bridgehead atoms. The van der Waals surface area contributed by atoms with Gasteiger partial charge in [-0.1, -0.05) is 0 Å². The van der Waals surface area contributed by atoms with Crippen LogP contribution in [0.25, 0.3) is 0 Å². The summed E-state index contributed by atoms with van der Waals surface area (Å²) in [5, 5.41) is 0. The summed E-state index contributed by atoms with van der Waals surface area (Å²) in [5.74, 6) is 0. The average molecular weight is 188 g/mol. The predicted octanol–water partition coefficient (Wildman–Crippen LogP) is 1.47. The van der Waals surface area contributed by atoms with Crippen molar-refractivity contribution in [1.29, 1.82) is 0 Å². The van der Waals surface area contributed by atoms with Gasteiger partial charge in [0.1, 0.15) is 0 Å². The number of nitrogens with two attached hydrogens (primary N) is 3. The molecule has 12 heavy (non-hydrogen) atoms. The zero-order valence-corrected chi connectivity index (χ0v) is 8.03. The Morgan fingerprint density at radius 2 is 1.25 bits per heavy atom. The molecule has 0 spiro atoms. The van der Waals surface area contributed by atoms with Gasteiger partial charge in [-0.3, -0.25) is 0 Å². The Balaban J connectivity index is 0.00000121. The van der Waals surface area contributed by atoms with E-state index in [0.717, 1.165) is 11.1 Å². The normalized spacial score (nSPS) is 9.17. The number of benzene rings is 1. The molecule has 6 N–H and O–H groups in total. The topological polar surface area (TPSA) is 78.1 Å². The number of nitrogen functional groups attached to an aromatic ring is 3. The minimum atomic E-state index is 0. The van der Waals surface area contributed by atoms with Crippen molar-refractivity contribution in [3.63, 3.8) is 0 Å². The van der Waals surface area contributed by atoms with E-state index in [1.165, 1.54) is 0 Å². The predicted molar refractivity (Wildman–Crippen MR) is 56.4 cm³/mol. The number of halogens is 1. The molecule has 0 aliphatic carbocycles. The van der Waals surface area contributed by atoms with Gasteiger partial charge in [0.25, 0.3) is 0 Å². The van der Waals surface area contributed by atoms with Gasteiger partial charge in [0.2, 0.25) is 0 Å². The molecule has 68 valence electrons. The van der Waals surface area contributed by atoms with E-state index in [4.69, 9.17) is 17.2 Å².